The van der Waals surface area contributed by atoms with E-state index in [1.165, 1.54) is 11.6 Å². The Balaban J connectivity index is 1.44. The lowest BCUT2D eigenvalue weighted by Crippen LogP contribution is -2.68. The van der Waals surface area contributed by atoms with Crippen molar-refractivity contribution in [2.24, 2.45) is 11.8 Å². The first kappa shape index (κ1) is 36.9. The van der Waals surface area contributed by atoms with Crippen molar-refractivity contribution in [1.29, 1.82) is 0 Å². The molecule has 3 aromatic rings. The van der Waals surface area contributed by atoms with Gasteiger partial charge in [0.25, 0.3) is 11.8 Å². The van der Waals surface area contributed by atoms with Gasteiger partial charge in [0, 0.05) is 44.6 Å². The molecular weight excluding hydrogens is 638 g/mol. The average molecular weight is 688 g/mol. The highest BCUT2D eigenvalue weighted by Gasteiger charge is 2.50. The van der Waals surface area contributed by atoms with E-state index in [0.29, 0.717) is 18.3 Å². The Labute approximate surface area is 300 Å². The van der Waals surface area contributed by atoms with Gasteiger partial charge in [-0.25, -0.2) is 0 Å². The van der Waals surface area contributed by atoms with Gasteiger partial charge in [-0.15, -0.1) is 6.58 Å². The molecule has 1 aliphatic heterocycles. The molecule has 0 unspecified atom stereocenters. The second-order valence-corrected chi connectivity index (χ2v) is 14.9. The highest BCUT2D eigenvalue weighted by atomic mass is 16.3. The number of nitrogens with one attached hydrogen (secondary N) is 3. The van der Waals surface area contributed by atoms with Crippen molar-refractivity contribution < 1.29 is 24.6 Å². The number of rotatable bonds is 10. The van der Waals surface area contributed by atoms with Gasteiger partial charge in [0.15, 0.2) is 6.29 Å². The molecule has 51 heavy (non-hydrogen) atoms. The zero-order valence-electron chi connectivity index (χ0n) is 30.6. The maximum atomic E-state index is 14.0. The van der Waals surface area contributed by atoms with Crippen molar-refractivity contribution in [2.45, 2.75) is 78.7 Å². The third-order valence-corrected chi connectivity index (χ3v) is 10.1. The standard InChI is InChI=1S/C43H49N3O5/c1-9-42(7,8)39-33(31-18-15-28(13-10-25(2)3)20-35(31)44-39)22-36-40(50)46-43(41(51)45-36)23-29(14-12-27(43)6)16-19-32-34(24-47)38(49)30(21-37(32)48)17-11-26(4)5/h9-12,14-16,18-22,24,27,29,44,48-49H,1,13,17,23H2,2-8H3,(H,45,51)(H,46,50)/b19-16+,36-22-/t27-,29+,43+/m0/s1. The Hall–Kier alpha value is -5.37. The summed E-state index contributed by atoms with van der Waals surface area (Å²) in [4.78, 5) is 43.5. The molecule has 8 heteroatoms. The Bertz CT molecular complexity index is 2060. The number of hydrogen-bond acceptors (Lipinski definition) is 5. The van der Waals surface area contributed by atoms with Crippen LogP contribution in [0.15, 0.2) is 84.1 Å². The maximum Gasteiger partial charge on any atom is 0.268 e. The predicted molar refractivity (Wildman–Crippen MR) is 205 cm³/mol. The van der Waals surface area contributed by atoms with Crippen LogP contribution >= 0.6 is 0 Å². The fourth-order valence-corrected chi connectivity index (χ4v) is 6.77. The molecule has 2 aromatic carbocycles. The number of piperazine rings is 1. The van der Waals surface area contributed by atoms with Crippen molar-refractivity contribution in [3.8, 4) is 11.5 Å². The molecule has 2 heterocycles. The lowest BCUT2D eigenvalue weighted by Gasteiger charge is -2.44. The predicted octanol–water partition coefficient (Wildman–Crippen LogP) is 8.12. The van der Waals surface area contributed by atoms with E-state index in [1.54, 1.807) is 18.2 Å². The maximum absolute atomic E-state index is 14.0. The van der Waals surface area contributed by atoms with Crippen LogP contribution in [-0.2, 0) is 27.8 Å². The van der Waals surface area contributed by atoms with Gasteiger partial charge < -0.3 is 25.8 Å². The Morgan fingerprint density at radius 3 is 2.37 bits per heavy atom. The first-order chi connectivity index (χ1) is 24.1. The van der Waals surface area contributed by atoms with Crippen LogP contribution in [0, 0.1) is 11.8 Å². The zero-order valence-corrected chi connectivity index (χ0v) is 30.6. The Kier molecular flexibility index (Phi) is 10.5. The number of allylic oxidation sites excluding steroid dienone is 7. The molecule has 5 rings (SSSR count). The molecule has 0 bridgehead atoms. The van der Waals surface area contributed by atoms with Crippen LogP contribution in [0.4, 0.5) is 0 Å². The van der Waals surface area contributed by atoms with Crippen LogP contribution < -0.4 is 10.6 Å². The molecule has 2 amide bonds. The number of aromatic nitrogens is 1. The number of hydrogen-bond donors (Lipinski definition) is 5. The number of H-pyrrole nitrogens is 1. The van der Waals surface area contributed by atoms with Crippen molar-refractivity contribution in [2.75, 3.05) is 0 Å². The molecule has 3 atom stereocenters. The molecule has 1 aliphatic carbocycles. The van der Waals surface area contributed by atoms with Crippen LogP contribution in [0.1, 0.15) is 93.2 Å². The lowest BCUT2D eigenvalue weighted by molar-refractivity contribution is -0.138. The average Bonchev–Trinajstić information content (AvgIpc) is 3.45. The number of aldehydes is 1. The van der Waals surface area contributed by atoms with Gasteiger partial charge in [0.1, 0.15) is 22.7 Å². The van der Waals surface area contributed by atoms with Crippen molar-refractivity contribution in [3.63, 3.8) is 0 Å². The van der Waals surface area contributed by atoms with E-state index in [4.69, 9.17) is 0 Å². The number of fused-ring (bicyclic) bond motifs is 1. The van der Waals surface area contributed by atoms with E-state index >= 15 is 0 Å². The van der Waals surface area contributed by atoms with Crippen molar-refractivity contribution in [3.05, 3.63) is 118 Å². The number of phenols is 2. The minimum absolute atomic E-state index is 0.00910. The quantitative estimate of drug-likeness (QED) is 0.0636. The SMILES string of the molecule is C=CC(C)(C)c1[nH]c2cc(CC=C(C)C)ccc2c1/C=C1\NC(=O)[C@]2(C[C@@H](/C=C/c3c(O)cc(CC=C(C)C)c(O)c3C=O)C=C[C@@H]2C)NC1=O. The van der Waals surface area contributed by atoms with Gasteiger partial charge in [-0.1, -0.05) is 86.6 Å². The van der Waals surface area contributed by atoms with Crippen LogP contribution in [0.3, 0.4) is 0 Å². The van der Waals surface area contributed by atoms with E-state index in [2.05, 4.69) is 54.3 Å². The zero-order chi connectivity index (χ0) is 37.2. The number of benzene rings is 2. The fraction of sp³-hybridized carbons (Fsp3) is 0.326. The first-order valence-corrected chi connectivity index (χ1v) is 17.4. The summed E-state index contributed by atoms with van der Waals surface area (Å²) in [6.07, 6.45) is 16.8. The van der Waals surface area contributed by atoms with E-state index in [0.717, 1.165) is 39.7 Å². The minimum Gasteiger partial charge on any atom is -0.507 e. The number of phenolic OH excluding ortho intramolecular Hbond substituents is 2. The topological polar surface area (TPSA) is 132 Å². The smallest absolute Gasteiger partial charge is 0.268 e. The molecule has 1 fully saturated rings. The second kappa shape index (κ2) is 14.5. The van der Waals surface area contributed by atoms with Crippen LogP contribution in [0.2, 0.25) is 0 Å². The summed E-state index contributed by atoms with van der Waals surface area (Å²) in [6.45, 7) is 18.0. The normalized spacial score (nSPS) is 21.2. The van der Waals surface area contributed by atoms with E-state index in [-0.39, 0.29) is 52.5 Å². The van der Waals surface area contributed by atoms with Gasteiger partial charge in [-0.05, 0) is 76.6 Å². The number of aromatic amines is 1. The molecule has 0 saturated carbocycles. The summed E-state index contributed by atoms with van der Waals surface area (Å²) >= 11 is 0. The van der Waals surface area contributed by atoms with Crippen LogP contribution in [0.25, 0.3) is 23.1 Å². The molecule has 1 aromatic heterocycles. The molecule has 2 aliphatic rings. The van der Waals surface area contributed by atoms with Gasteiger partial charge in [-0.3, -0.25) is 14.4 Å². The summed E-state index contributed by atoms with van der Waals surface area (Å²) in [5.74, 6) is -1.67. The molecule has 266 valence electrons. The lowest BCUT2D eigenvalue weighted by atomic mass is 9.71. The number of carbonyl (C=O) groups is 3. The Morgan fingerprint density at radius 2 is 1.71 bits per heavy atom. The minimum atomic E-state index is -1.23. The van der Waals surface area contributed by atoms with Crippen molar-refractivity contribution in [1.82, 2.24) is 15.6 Å². The van der Waals surface area contributed by atoms with E-state index in [9.17, 15) is 24.6 Å². The molecule has 8 nitrogen and oxygen atoms in total. The number of amides is 2. The van der Waals surface area contributed by atoms with Crippen LogP contribution in [0.5, 0.6) is 11.5 Å². The number of aromatic hydroxyl groups is 2. The summed E-state index contributed by atoms with van der Waals surface area (Å²) < 4.78 is 0. The monoisotopic (exact) mass is 687 g/mol. The first-order valence-electron chi connectivity index (χ1n) is 17.4. The highest BCUT2D eigenvalue weighted by molar-refractivity contribution is 6.10. The fourth-order valence-electron chi connectivity index (χ4n) is 6.77. The van der Waals surface area contributed by atoms with Gasteiger partial charge in [-0.2, -0.15) is 0 Å². The summed E-state index contributed by atoms with van der Waals surface area (Å²) in [5, 5.41) is 28.6. The second-order valence-electron chi connectivity index (χ2n) is 14.9. The van der Waals surface area contributed by atoms with Gasteiger partial charge in [0.2, 0.25) is 0 Å². The van der Waals surface area contributed by atoms with Crippen molar-refractivity contribution >= 4 is 41.2 Å². The van der Waals surface area contributed by atoms with Gasteiger partial charge in [0.05, 0.1) is 5.56 Å². The third kappa shape index (κ3) is 7.41. The summed E-state index contributed by atoms with van der Waals surface area (Å²) in [5.41, 5.74) is 5.17. The van der Waals surface area contributed by atoms with Crippen LogP contribution in [-0.4, -0.2) is 38.8 Å². The largest absolute Gasteiger partial charge is 0.507 e. The molecule has 1 saturated heterocycles. The highest BCUT2D eigenvalue weighted by Crippen LogP contribution is 2.39. The summed E-state index contributed by atoms with van der Waals surface area (Å²) in [7, 11) is 0. The molecular formula is C43H49N3O5. The summed E-state index contributed by atoms with van der Waals surface area (Å²) in [6, 6.07) is 7.71. The molecule has 5 N–H and O–H groups in total. The third-order valence-electron chi connectivity index (χ3n) is 10.1. The Morgan fingerprint density at radius 1 is 1.00 bits per heavy atom. The molecule has 1 spiro atoms. The van der Waals surface area contributed by atoms with E-state index in [1.807, 2.05) is 65.0 Å². The van der Waals surface area contributed by atoms with E-state index < -0.39 is 16.9 Å². The number of carbonyl (C=O) groups excluding carboxylic acids is 3. The molecule has 0 radical (unpaired) electrons. The van der Waals surface area contributed by atoms with Gasteiger partial charge >= 0.3 is 0 Å².